The van der Waals surface area contributed by atoms with Crippen molar-refractivity contribution in [3.05, 3.63) is 28.8 Å². The van der Waals surface area contributed by atoms with E-state index in [-0.39, 0.29) is 0 Å². The SMILES string of the molecule is CCNCc1ccc(OCCOC)c(Cl)c1. The van der Waals surface area contributed by atoms with E-state index in [0.29, 0.717) is 24.0 Å². The van der Waals surface area contributed by atoms with Gasteiger partial charge in [-0.3, -0.25) is 0 Å². The van der Waals surface area contributed by atoms with Gasteiger partial charge in [0, 0.05) is 13.7 Å². The maximum Gasteiger partial charge on any atom is 0.138 e. The fraction of sp³-hybridized carbons (Fsp3) is 0.500. The Kier molecular flexibility index (Phi) is 6.23. The van der Waals surface area contributed by atoms with Gasteiger partial charge in [0.15, 0.2) is 0 Å². The Labute approximate surface area is 102 Å². The lowest BCUT2D eigenvalue weighted by atomic mass is 10.2. The molecular formula is C12H18ClNO2. The molecule has 0 aliphatic rings. The summed E-state index contributed by atoms with van der Waals surface area (Å²) < 4.78 is 10.4. The van der Waals surface area contributed by atoms with Gasteiger partial charge in [-0.1, -0.05) is 24.6 Å². The van der Waals surface area contributed by atoms with Gasteiger partial charge < -0.3 is 14.8 Å². The average Bonchev–Trinajstić information content (AvgIpc) is 2.29. The molecule has 0 radical (unpaired) electrons. The lowest BCUT2D eigenvalue weighted by molar-refractivity contribution is 0.146. The highest BCUT2D eigenvalue weighted by molar-refractivity contribution is 6.32. The zero-order valence-electron chi connectivity index (χ0n) is 9.75. The van der Waals surface area contributed by atoms with Gasteiger partial charge >= 0.3 is 0 Å². The van der Waals surface area contributed by atoms with E-state index in [1.807, 2.05) is 18.2 Å². The zero-order chi connectivity index (χ0) is 11.8. The fourth-order valence-corrected chi connectivity index (χ4v) is 1.53. The molecule has 0 saturated carbocycles. The van der Waals surface area contributed by atoms with Gasteiger partial charge in [-0.05, 0) is 24.2 Å². The number of rotatable bonds is 7. The summed E-state index contributed by atoms with van der Waals surface area (Å²) in [5.74, 6) is 0.707. The van der Waals surface area contributed by atoms with E-state index in [1.54, 1.807) is 7.11 Å². The molecule has 0 fully saturated rings. The van der Waals surface area contributed by atoms with E-state index in [0.717, 1.165) is 18.7 Å². The van der Waals surface area contributed by atoms with Crippen molar-refractivity contribution in [3.63, 3.8) is 0 Å². The van der Waals surface area contributed by atoms with Crippen LogP contribution >= 0.6 is 11.6 Å². The van der Waals surface area contributed by atoms with Crippen LogP contribution in [0.1, 0.15) is 12.5 Å². The topological polar surface area (TPSA) is 30.5 Å². The Bertz CT molecular complexity index is 318. The molecule has 0 atom stereocenters. The highest BCUT2D eigenvalue weighted by Crippen LogP contribution is 2.25. The first kappa shape index (κ1) is 13.3. The van der Waals surface area contributed by atoms with Crippen LogP contribution in [0.2, 0.25) is 5.02 Å². The highest BCUT2D eigenvalue weighted by Gasteiger charge is 2.02. The number of benzene rings is 1. The molecule has 0 aliphatic heterocycles. The number of hydrogen-bond acceptors (Lipinski definition) is 3. The molecule has 1 aromatic rings. The lowest BCUT2D eigenvalue weighted by Gasteiger charge is -2.09. The first-order chi connectivity index (χ1) is 7.77. The van der Waals surface area contributed by atoms with Crippen molar-refractivity contribution in [1.82, 2.24) is 5.32 Å². The molecule has 1 rings (SSSR count). The summed E-state index contributed by atoms with van der Waals surface area (Å²) in [5.41, 5.74) is 1.16. The largest absolute Gasteiger partial charge is 0.490 e. The Hall–Kier alpha value is -0.770. The van der Waals surface area contributed by atoms with Gasteiger partial charge in [-0.15, -0.1) is 0 Å². The molecule has 0 aromatic heterocycles. The number of ether oxygens (including phenoxy) is 2. The maximum atomic E-state index is 6.09. The molecule has 0 unspecified atom stereocenters. The standard InChI is InChI=1S/C12H18ClNO2/c1-3-14-9-10-4-5-12(11(13)8-10)16-7-6-15-2/h4-5,8,14H,3,6-7,9H2,1-2H3. The third-order valence-electron chi connectivity index (χ3n) is 2.12. The second kappa shape index (κ2) is 7.49. The maximum absolute atomic E-state index is 6.09. The predicted octanol–water partition coefficient (Wildman–Crippen LogP) is 2.47. The summed E-state index contributed by atoms with van der Waals surface area (Å²) in [4.78, 5) is 0. The summed E-state index contributed by atoms with van der Waals surface area (Å²) >= 11 is 6.09. The lowest BCUT2D eigenvalue weighted by Crippen LogP contribution is -2.11. The summed E-state index contributed by atoms with van der Waals surface area (Å²) in [6.07, 6.45) is 0. The molecule has 90 valence electrons. The van der Waals surface area contributed by atoms with Crippen molar-refractivity contribution in [3.8, 4) is 5.75 Å². The fourth-order valence-electron chi connectivity index (χ4n) is 1.28. The first-order valence-electron chi connectivity index (χ1n) is 5.38. The Morgan fingerprint density at radius 2 is 2.12 bits per heavy atom. The van der Waals surface area contributed by atoms with E-state index < -0.39 is 0 Å². The molecule has 3 nitrogen and oxygen atoms in total. The minimum atomic E-state index is 0.517. The molecule has 0 saturated heterocycles. The zero-order valence-corrected chi connectivity index (χ0v) is 10.5. The number of nitrogens with one attached hydrogen (secondary N) is 1. The van der Waals surface area contributed by atoms with Crippen LogP contribution in [0.3, 0.4) is 0 Å². The molecule has 1 N–H and O–H groups in total. The van der Waals surface area contributed by atoms with Crippen LogP contribution in [0.15, 0.2) is 18.2 Å². The molecule has 4 heteroatoms. The normalized spacial score (nSPS) is 10.4. The number of hydrogen-bond donors (Lipinski definition) is 1. The first-order valence-corrected chi connectivity index (χ1v) is 5.76. The molecule has 0 bridgehead atoms. The molecular weight excluding hydrogens is 226 g/mol. The van der Waals surface area contributed by atoms with E-state index in [9.17, 15) is 0 Å². The van der Waals surface area contributed by atoms with Gasteiger partial charge in [0.1, 0.15) is 12.4 Å². The van der Waals surface area contributed by atoms with Crippen molar-refractivity contribution >= 4 is 11.6 Å². The van der Waals surface area contributed by atoms with E-state index in [4.69, 9.17) is 21.1 Å². The van der Waals surface area contributed by atoms with Crippen LogP contribution in [0.4, 0.5) is 0 Å². The highest BCUT2D eigenvalue weighted by atomic mass is 35.5. The second-order valence-electron chi connectivity index (χ2n) is 3.39. The van der Waals surface area contributed by atoms with Crippen molar-refractivity contribution in [1.29, 1.82) is 0 Å². The van der Waals surface area contributed by atoms with E-state index in [1.165, 1.54) is 0 Å². The van der Waals surface area contributed by atoms with Crippen LogP contribution in [0.25, 0.3) is 0 Å². The quantitative estimate of drug-likeness (QED) is 0.747. The second-order valence-corrected chi connectivity index (χ2v) is 3.79. The minimum absolute atomic E-state index is 0.517. The third-order valence-corrected chi connectivity index (χ3v) is 2.42. The van der Waals surface area contributed by atoms with Gasteiger partial charge in [-0.2, -0.15) is 0 Å². The van der Waals surface area contributed by atoms with Gasteiger partial charge in [-0.25, -0.2) is 0 Å². The Balaban J connectivity index is 2.53. The smallest absolute Gasteiger partial charge is 0.138 e. The predicted molar refractivity (Wildman–Crippen MR) is 66.2 cm³/mol. The summed E-state index contributed by atoms with van der Waals surface area (Å²) in [6.45, 7) is 4.93. The monoisotopic (exact) mass is 243 g/mol. The minimum Gasteiger partial charge on any atom is -0.490 e. The average molecular weight is 244 g/mol. The molecule has 1 aromatic carbocycles. The molecule has 0 aliphatic carbocycles. The van der Waals surface area contributed by atoms with Gasteiger partial charge in [0.25, 0.3) is 0 Å². The summed E-state index contributed by atoms with van der Waals surface area (Å²) in [6, 6.07) is 5.83. The van der Waals surface area contributed by atoms with Crippen molar-refractivity contribution in [2.24, 2.45) is 0 Å². The number of methoxy groups -OCH3 is 1. The van der Waals surface area contributed by atoms with Gasteiger partial charge in [0.05, 0.1) is 11.6 Å². The molecule has 0 spiro atoms. The van der Waals surface area contributed by atoms with Crippen LogP contribution < -0.4 is 10.1 Å². The van der Waals surface area contributed by atoms with Crippen LogP contribution in [0, 0.1) is 0 Å². The Morgan fingerprint density at radius 1 is 1.31 bits per heavy atom. The van der Waals surface area contributed by atoms with E-state index in [2.05, 4.69) is 12.2 Å². The molecule has 0 amide bonds. The van der Waals surface area contributed by atoms with Crippen molar-refractivity contribution in [2.75, 3.05) is 26.9 Å². The van der Waals surface area contributed by atoms with E-state index >= 15 is 0 Å². The third kappa shape index (κ3) is 4.39. The van der Waals surface area contributed by atoms with Crippen molar-refractivity contribution in [2.45, 2.75) is 13.5 Å². The van der Waals surface area contributed by atoms with Crippen LogP contribution in [-0.2, 0) is 11.3 Å². The van der Waals surface area contributed by atoms with Crippen molar-refractivity contribution < 1.29 is 9.47 Å². The Morgan fingerprint density at radius 3 is 2.75 bits per heavy atom. The van der Waals surface area contributed by atoms with Gasteiger partial charge in [0.2, 0.25) is 0 Å². The summed E-state index contributed by atoms with van der Waals surface area (Å²) in [7, 11) is 1.64. The summed E-state index contributed by atoms with van der Waals surface area (Å²) in [5, 5.41) is 3.89. The van der Waals surface area contributed by atoms with Crippen LogP contribution in [0.5, 0.6) is 5.75 Å². The number of halogens is 1. The van der Waals surface area contributed by atoms with Crippen LogP contribution in [-0.4, -0.2) is 26.9 Å². The molecule has 16 heavy (non-hydrogen) atoms. The molecule has 0 heterocycles.